The maximum atomic E-state index is 3.46. The molecule has 1 saturated heterocycles. The molecule has 1 heterocycles. The third-order valence-electron chi connectivity index (χ3n) is 6.39. The van der Waals surface area contributed by atoms with Gasteiger partial charge in [0.15, 0.2) is 0 Å². The highest BCUT2D eigenvalue weighted by molar-refractivity contribution is 4.91. The van der Waals surface area contributed by atoms with Crippen molar-refractivity contribution in [1.29, 1.82) is 0 Å². The Hall–Kier alpha value is -0.0800. The standard InChI is InChI=1S/C17H32N2/c1-18-15-5-7-16(8-6-15)19-13-11-17(12-14-19)9-3-2-4-10-17/h15-16,18H,2-14H2,1H3. The molecule has 1 N–H and O–H groups in total. The van der Waals surface area contributed by atoms with E-state index in [1.54, 1.807) is 0 Å². The van der Waals surface area contributed by atoms with E-state index in [2.05, 4.69) is 17.3 Å². The third kappa shape index (κ3) is 3.16. The van der Waals surface area contributed by atoms with Crippen molar-refractivity contribution in [3.05, 3.63) is 0 Å². The molecule has 3 rings (SSSR count). The molecular formula is C17H32N2. The molecular weight excluding hydrogens is 232 g/mol. The van der Waals surface area contributed by atoms with E-state index in [0.717, 1.165) is 17.5 Å². The van der Waals surface area contributed by atoms with Gasteiger partial charge in [-0.05, 0) is 76.9 Å². The molecule has 2 saturated carbocycles. The van der Waals surface area contributed by atoms with Crippen LogP contribution in [0.1, 0.15) is 70.6 Å². The molecule has 2 aliphatic carbocycles. The Balaban J connectivity index is 1.47. The molecule has 19 heavy (non-hydrogen) atoms. The first-order valence-corrected chi connectivity index (χ1v) is 8.73. The van der Waals surface area contributed by atoms with Gasteiger partial charge in [0, 0.05) is 12.1 Å². The van der Waals surface area contributed by atoms with Crippen LogP contribution in [0.25, 0.3) is 0 Å². The zero-order chi connectivity index (χ0) is 13.1. The van der Waals surface area contributed by atoms with Crippen molar-refractivity contribution in [3.8, 4) is 0 Å². The van der Waals surface area contributed by atoms with Crippen LogP contribution in [-0.2, 0) is 0 Å². The van der Waals surface area contributed by atoms with Gasteiger partial charge in [-0.3, -0.25) is 0 Å². The fraction of sp³-hybridized carbons (Fsp3) is 1.00. The van der Waals surface area contributed by atoms with Gasteiger partial charge in [0.1, 0.15) is 0 Å². The molecule has 0 radical (unpaired) electrons. The highest BCUT2D eigenvalue weighted by Gasteiger charge is 2.37. The molecule has 1 aliphatic heterocycles. The normalized spacial score (nSPS) is 36.5. The van der Waals surface area contributed by atoms with Gasteiger partial charge in [-0.25, -0.2) is 0 Å². The van der Waals surface area contributed by atoms with Crippen LogP contribution in [0.2, 0.25) is 0 Å². The summed E-state index contributed by atoms with van der Waals surface area (Å²) in [5.74, 6) is 0. The Morgan fingerprint density at radius 2 is 1.47 bits per heavy atom. The second-order valence-electron chi connectivity index (χ2n) is 7.39. The molecule has 0 amide bonds. The van der Waals surface area contributed by atoms with Crippen LogP contribution in [0.15, 0.2) is 0 Å². The molecule has 3 fully saturated rings. The lowest BCUT2D eigenvalue weighted by atomic mass is 9.68. The number of hydrogen-bond donors (Lipinski definition) is 1. The average Bonchev–Trinajstić information content (AvgIpc) is 2.49. The van der Waals surface area contributed by atoms with Crippen molar-refractivity contribution < 1.29 is 0 Å². The minimum Gasteiger partial charge on any atom is -0.317 e. The van der Waals surface area contributed by atoms with Crippen LogP contribution in [0, 0.1) is 5.41 Å². The number of piperidine rings is 1. The summed E-state index contributed by atoms with van der Waals surface area (Å²) in [5.41, 5.74) is 0.775. The molecule has 0 unspecified atom stereocenters. The number of nitrogens with zero attached hydrogens (tertiary/aromatic N) is 1. The van der Waals surface area contributed by atoms with Crippen molar-refractivity contribution in [1.82, 2.24) is 10.2 Å². The lowest BCUT2D eigenvalue weighted by Crippen LogP contribution is -2.48. The predicted octanol–water partition coefficient (Wildman–Crippen LogP) is 3.56. The zero-order valence-electron chi connectivity index (χ0n) is 12.8. The number of nitrogens with one attached hydrogen (secondary N) is 1. The van der Waals surface area contributed by atoms with Crippen molar-refractivity contribution >= 4 is 0 Å². The Bertz CT molecular complexity index is 265. The van der Waals surface area contributed by atoms with Crippen molar-refractivity contribution in [2.45, 2.75) is 82.7 Å². The fourth-order valence-electron chi connectivity index (χ4n) is 4.89. The molecule has 0 aromatic carbocycles. The first-order valence-electron chi connectivity index (χ1n) is 8.73. The smallest absolute Gasteiger partial charge is 0.00964 e. The Kier molecular flexibility index (Phi) is 4.48. The SMILES string of the molecule is CNC1CCC(N2CCC3(CCCCC3)CC2)CC1. The Morgan fingerprint density at radius 1 is 0.842 bits per heavy atom. The van der Waals surface area contributed by atoms with Crippen molar-refractivity contribution in [2.75, 3.05) is 20.1 Å². The van der Waals surface area contributed by atoms with E-state index < -0.39 is 0 Å². The molecule has 0 atom stereocenters. The highest BCUT2D eigenvalue weighted by atomic mass is 15.2. The second kappa shape index (κ2) is 6.13. The van der Waals surface area contributed by atoms with Crippen LogP contribution in [-0.4, -0.2) is 37.1 Å². The number of hydrogen-bond acceptors (Lipinski definition) is 2. The van der Waals surface area contributed by atoms with Crippen molar-refractivity contribution in [2.24, 2.45) is 5.41 Å². The Labute approximate surface area is 119 Å². The summed E-state index contributed by atoms with van der Waals surface area (Å²) in [7, 11) is 2.12. The van der Waals surface area contributed by atoms with Gasteiger partial charge in [0.05, 0.1) is 0 Å². The topological polar surface area (TPSA) is 15.3 Å². The minimum atomic E-state index is 0.775. The highest BCUT2D eigenvalue weighted by Crippen LogP contribution is 2.45. The summed E-state index contributed by atoms with van der Waals surface area (Å²) >= 11 is 0. The number of rotatable bonds is 2. The molecule has 110 valence electrons. The minimum absolute atomic E-state index is 0.775. The van der Waals surface area contributed by atoms with E-state index in [4.69, 9.17) is 0 Å². The van der Waals surface area contributed by atoms with E-state index in [9.17, 15) is 0 Å². The largest absolute Gasteiger partial charge is 0.317 e. The first-order chi connectivity index (χ1) is 9.31. The zero-order valence-corrected chi connectivity index (χ0v) is 12.8. The van der Waals surface area contributed by atoms with Gasteiger partial charge in [0.2, 0.25) is 0 Å². The van der Waals surface area contributed by atoms with Gasteiger partial charge < -0.3 is 10.2 Å². The summed E-state index contributed by atoms with van der Waals surface area (Å²) < 4.78 is 0. The predicted molar refractivity (Wildman–Crippen MR) is 81.4 cm³/mol. The lowest BCUT2D eigenvalue weighted by molar-refractivity contribution is 0.0329. The van der Waals surface area contributed by atoms with E-state index in [-0.39, 0.29) is 0 Å². The molecule has 0 aromatic heterocycles. The summed E-state index contributed by atoms with van der Waals surface area (Å²) in [6.07, 6.45) is 16.2. The molecule has 3 aliphatic rings. The van der Waals surface area contributed by atoms with Crippen LogP contribution in [0.3, 0.4) is 0 Å². The summed E-state index contributed by atoms with van der Waals surface area (Å²) in [6.45, 7) is 2.80. The first kappa shape index (κ1) is 13.9. The van der Waals surface area contributed by atoms with Crippen LogP contribution >= 0.6 is 0 Å². The Morgan fingerprint density at radius 3 is 2.05 bits per heavy atom. The van der Waals surface area contributed by atoms with E-state index in [1.807, 2.05) is 0 Å². The van der Waals surface area contributed by atoms with Crippen LogP contribution in [0.5, 0.6) is 0 Å². The van der Waals surface area contributed by atoms with Crippen molar-refractivity contribution in [3.63, 3.8) is 0 Å². The second-order valence-corrected chi connectivity index (χ2v) is 7.39. The van der Waals surface area contributed by atoms with E-state index >= 15 is 0 Å². The van der Waals surface area contributed by atoms with E-state index in [1.165, 1.54) is 83.7 Å². The fourth-order valence-corrected chi connectivity index (χ4v) is 4.89. The molecule has 2 nitrogen and oxygen atoms in total. The van der Waals surface area contributed by atoms with Crippen LogP contribution < -0.4 is 5.32 Å². The summed E-state index contributed by atoms with van der Waals surface area (Å²) in [5, 5.41) is 3.46. The lowest BCUT2D eigenvalue weighted by Gasteiger charge is -2.47. The summed E-state index contributed by atoms with van der Waals surface area (Å²) in [4.78, 5) is 2.84. The molecule has 0 bridgehead atoms. The maximum Gasteiger partial charge on any atom is 0.00964 e. The summed E-state index contributed by atoms with van der Waals surface area (Å²) in [6, 6.07) is 1.70. The van der Waals surface area contributed by atoms with Gasteiger partial charge >= 0.3 is 0 Å². The molecule has 1 spiro atoms. The quantitative estimate of drug-likeness (QED) is 0.820. The number of likely N-dealkylation sites (tertiary alicyclic amines) is 1. The van der Waals surface area contributed by atoms with Gasteiger partial charge in [-0.1, -0.05) is 19.3 Å². The average molecular weight is 264 g/mol. The van der Waals surface area contributed by atoms with Gasteiger partial charge in [-0.2, -0.15) is 0 Å². The maximum absolute atomic E-state index is 3.46. The van der Waals surface area contributed by atoms with Gasteiger partial charge in [0.25, 0.3) is 0 Å². The van der Waals surface area contributed by atoms with Gasteiger partial charge in [-0.15, -0.1) is 0 Å². The third-order valence-corrected chi connectivity index (χ3v) is 6.39. The van der Waals surface area contributed by atoms with E-state index in [0.29, 0.717) is 0 Å². The molecule has 2 heteroatoms. The molecule has 0 aromatic rings. The monoisotopic (exact) mass is 264 g/mol. The van der Waals surface area contributed by atoms with Crippen LogP contribution in [0.4, 0.5) is 0 Å².